The van der Waals surface area contributed by atoms with Crippen molar-refractivity contribution >= 4 is 0 Å². The van der Waals surface area contributed by atoms with Crippen LogP contribution in [-0.4, -0.2) is 6.17 Å². The van der Waals surface area contributed by atoms with Gasteiger partial charge in [0.1, 0.15) is 6.17 Å². The molecule has 0 heterocycles. The molecule has 1 fully saturated rings. The maximum absolute atomic E-state index is 13.8. The van der Waals surface area contributed by atoms with Crippen molar-refractivity contribution in [2.45, 2.75) is 51.1 Å². The van der Waals surface area contributed by atoms with Gasteiger partial charge < -0.3 is 0 Å². The zero-order valence-corrected chi connectivity index (χ0v) is 9.59. The summed E-state index contributed by atoms with van der Waals surface area (Å²) >= 11 is 0. The number of hydrogen-bond donors (Lipinski definition) is 0. The Morgan fingerprint density at radius 2 is 1.67 bits per heavy atom. The first-order valence-electron chi connectivity index (χ1n) is 5.86. The first-order chi connectivity index (χ1) is 7.15. The van der Waals surface area contributed by atoms with Gasteiger partial charge in [0.25, 0.3) is 0 Å². The summed E-state index contributed by atoms with van der Waals surface area (Å²) in [5.74, 6) is 0. The highest BCUT2D eigenvalue weighted by atomic mass is 19.1. The zero-order chi connectivity index (χ0) is 10.9. The number of alkyl halides is 1. The molecule has 1 heteroatoms. The summed E-state index contributed by atoms with van der Waals surface area (Å²) in [5.41, 5.74) is 2.26. The van der Waals surface area contributed by atoms with Gasteiger partial charge in [-0.05, 0) is 32.3 Å². The van der Waals surface area contributed by atoms with Gasteiger partial charge in [0.2, 0.25) is 0 Å². The van der Waals surface area contributed by atoms with Crippen molar-refractivity contribution in [3.63, 3.8) is 0 Å². The molecule has 0 aliphatic heterocycles. The molecule has 1 aliphatic carbocycles. The van der Waals surface area contributed by atoms with Crippen molar-refractivity contribution in [3.05, 3.63) is 35.4 Å². The van der Waals surface area contributed by atoms with Crippen LogP contribution in [0, 0.1) is 6.92 Å². The Labute approximate surface area is 91.5 Å². The second-order valence-electron chi connectivity index (χ2n) is 4.85. The normalized spacial score (nSPS) is 21.5. The number of hydrogen-bond acceptors (Lipinski definition) is 0. The van der Waals surface area contributed by atoms with E-state index in [9.17, 15) is 4.39 Å². The fraction of sp³-hybridized carbons (Fsp3) is 0.571. The summed E-state index contributed by atoms with van der Waals surface area (Å²) in [6, 6.07) is 8.41. The summed E-state index contributed by atoms with van der Waals surface area (Å²) in [6.45, 7) is 3.79. The molecule has 2 rings (SSSR count). The van der Waals surface area contributed by atoms with E-state index in [0.29, 0.717) is 0 Å². The molecule has 1 aromatic rings. The van der Waals surface area contributed by atoms with Gasteiger partial charge in [0.05, 0.1) is 0 Å². The summed E-state index contributed by atoms with van der Waals surface area (Å²) in [4.78, 5) is 0. The molecule has 0 bridgehead atoms. The molecule has 1 aromatic carbocycles. The maximum atomic E-state index is 13.8. The smallest absolute Gasteiger partial charge is 0.107 e. The van der Waals surface area contributed by atoms with Crippen LogP contribution in [-0.2, 0) is 5.41 Å². The highest BCUT2D eigenvalue weighted by Gasteiger charge is 2.40. The lowest BCUT2D eigenvalue weighted by atomic mass is 9.75. The van der Waals surface area contributed by atoms with E-state index in [1.165, 1.54) is 24.0 Å². The lowest BCUT2D eigenvalue weighted by Gasteiger charge is -2.31. The van der Waals surface area contributed by atoms with Crippen LogP contribution in [0.2, 0.25) is 0 Å². The standard InChI is InChI=1S/C14H19F/c1-11-5-7-13(8-6-11)14(12(2)15)9-3-4-10-14/h5-8,12H,3-4,9-10H2,1-2H3. The van der Waals surface area contributed by atoms with Crippen LogP contribution in [0.3, 0.4) is 0 Å². The predicted molar refractivity (Wildman–Crippen MR) is 61.9 cm³/mol. The van der Waals surface area contributed by atoms with E-state index in [2.05, 4.69) is 31.2 Å². The van der Waals surface area contributed by atoms with E-state index in [0.717, 1.165) is 12.8 Å². The number of halogens is 1. The van der Waals surface area contributed by atoms with Gasteiger partial charge in [0.15, 0.2) is 0 Å². The van der Waals surface area contributed by atoms with Crippen molar-refractivity contribution in [1.29, 1.82) is 0 Å². The van der Waals surface area contributed by atoms with Crippen LogP contribution in [0.5, 0.6) is 0 Å². The highest BCUT2D eigenvalue weighted by molar-refractivity contribution is 5.31. The lowest BCUT2D eigenvalue weighted by Crippen LogP contribution is -2.31. The molecule has 0 aromatic heterocycles. The van der Waals surface area contributed by atoms with Gasteiger partial charge in [-0.15, -0.1) is 0 Å². The third-order valence-electron chi connectivity index (χ3n) is 3.88. The Morgan fingerprint density at radius 1 is 1.13 bits per heavy atom. The molecular weight excluding hydrogens is 187 g/mol. The minimum atomic E-state index is -0.734. The van der Waals surface area contributed by atoms with Crippen molar-refractivity contribution in [2.75, 3.05) is 0 Å². The molecule has 1 saturated carbocycles. The van der Waals surface area contributed by atoms with Gasteiger partial charge >= 0.3 is 0 Å². The molecule has 1 aliphatic rings. The summed E-state index contributed by atoms with van der Waals surface area (Å²) in [5, 5.41) is 0. The zero-order valence-electron chi connectivity index (χ0n) is 9.59. The predicted octanol–water partition coefficient (Wildman–Crippen LogP) is 4.16. The van der Waals surface area contributed by atoms with Gasteiger partial charge in [-0.2, -0.15) is 0 Å². The Hall–Kier alpha value is -0.850. The first kappa shape index (κ1) is 10.7. The minimum Gasteiger partial charge on any atom is -0.247 e. The SMILES string of the molecule is Cc1ccc(C2(C(C)F)CCCC2)cc1. The molecule has 0 amide bonds. The van der Waals surface area contributed by atoms with Crippen molar-refractivity contribution in [1.82, 2.24) is 0 Å². The molecule has 0 spiro atoms. The van der Waals surface area contributed by atoms with E-state index in [1.54, 1.807) is 6.92 Å². The molecule has 0 N–H and O–H groups in total. The summed E-state index contributed by atoms with van der Waals surface area (Å²) in [6.07, 6.45) is 3.62. The average Bonchev–Trinajstić information content (AvgIpc) is 2.69. The van der Waals surface area contributed by atoms with Crippen molar-refractivity contribution < 1.29 is 4.39 Å². The highest BCUT2D eigenvalue weighted by Crippen LogP contribution is 2.44. The lowest BCUT2D eigenvalue weighted by molar-refractivity contribution is 0.206. The second kappa shape index (κ2) is 3.96. The van der Waals surface area contributed by atoms with E-state index in [-0.39, 0.29) is 5.41 Å². The first-order valence-corrected chi connectivity index (χ1v) is 5.86. The van der Waals surface area contributed by atoms with Gasteiger partial charge in [0, 0.05) is 5.41 Å². The Balaban J connectivity index is 2.36. The largest absolute Gasteiger partial charge is 0.247 e. The van der Waals surface area contributed by atoms with E-state index in [1.807, 2.05) is 0 Å². The number of benzene rings is 1. The summed E-state index contributed by atoms with van der Waals surface area (Å²) in [7, 11) is 0. The molecule has 82 valence electrons. The van der Waals surface area contributed by atoms with Crippen LogP contribution >= 0.6 is 0 Å². The molecule has 0 saturated heterocycles. The van der Waals surface area contributed by atoms with E-state index < -0.39 is 6.17 Å². The minimum absolute atomic E-state index is 0.187. The molecular formula is C14H19F. The monoisotopic (exact) mass is 206 g/mol. The van der Waals surface area contributed by atoms with Crippen LogP contribution < -0.4 is 0 Å². The third-order valence-corrected chi connectivity index (χ3v) is 3.88. The molecule has 15 heavy (non-hydrogen) atoms. The quantitative estimate of drug-likeness (QED) is 0.681. The van der Waals surface area contributed by atoms with E-state index >= 15 is 0 Å². The fourth-order valence-electron chi connectivity index (χ4n) is 2.81. The molecule has 0 nitrogen and oxygen atoms in total. The Morgan fingerprint density at radius 3 is 2.13 bits per heavy atom. The number of aryl methyl sites for hydroxylation is 1. The fourth-order valence-corrected chi connectivity index (χ4v) is 2.81. The van der Waals surface area contributed by atoms with Gasteiger partial charge in [-0.1, -0.05) is 42.7 Å². The molecule has 1 atom stereocenters. The van der Waals surface area contributed by atoms with Gasteiger partial charge in [-0.3, -0.25) is 0 Å². The summed E-state index contributed by atoms with van der Waals surface area (Å²) < 4.78 is 13.8. The van der Waals surface area contributed by atoms with E-state index in [4.69, 9.17) is 0 Å². The third kappa shape index (κ3) is 1.80. The topological polar surface area (TPSA) is 0 Å². The second-order valence-corrected chi connectivity index (χ2v) is 4.85. The molecule has 1 unspecified atom stereocenters. The number of rotatable bonds is 2. The Kier molecular flexibility index (Phi) is 2.81. The maximum Gasteiger partial charge on any atom is 0.107 e. The average molecular weight is 206 g/mol. The van der Waals surface area contributed by atoms with Crippen LogP contribution in [0.15, 0.2) is 24.3 Å². The van der Waals surface area contributed by atoms with Crippen molar-refractivity contribution in [2.24, 2.45) is 0 Å². The van der Waals surface area contributed by atoms with Gasteiger partial charge in [-0.25, -0.2) is 4.39 Å². The van der Waals surface area contributed by atoms with Crippen LogP contribution in [0.25, 0.3) is 0 Å². The van der Waals surface area contributed by atoms with Crippen LogP contribution in [0.1, 0.15) is 43.7 Å². The van der Waals surface area contributed by atoms with Crippen molar-refractivity contribution in [3.8, 4) is 0 Å². The Bertz CT molecular complexity index is 318. The molecule has 0 radical (unpaired) electrons. The van der Waals surface area contributed by atoms with Crippen LogP contribution in [0.4, 0.5) is 4.39 Å².